The minimum Gasteiger partial charge on any atom is -0.432 e. The Morgan fingerprint density at radius 3 is 2.24 bits per heavy atom. The molecule has 0 N–H and O–H groups in total. The molecule has 0 amide bonds. The van der Waals surface area contributed by atoms with Gasteiger partial charge in [0.25, 0.3) is 0 Å². The zero-order valence-electron chi connectivity index (χ0n) is 10.1. The SMILES string of the molecule is CCCCCCOC(=O)OOC(=O)OOCC. The van der Waals surface area contributed by atoms with Crippen LogP contribution < -0.4 is 0 Å². The van der Waals surface area contributed by atoms with Crippen LogP contribution >= 0.6 is 0 Å². The van der Waals surface area contributed by atoms with E-state index in [1.54, 1.807) is 6.92 Å². The first-order valence-electron chi connectivity index (χ1n) is 5.55. The molecule has 0 saturated carbocycles. The monoisotopic (exact) mass is 250 g/mol. The summed E-state index contributed by atoms with van der Waals surface area (Å²) in [5.41, 5.74) is 0. The summed E-state index contributed by atoms with van der Waals surface area (Å²) in [5, 5.41) is 0. The largest absolute Gasteiger partial charge is 0.582 e. The average molecular weight is 250 g/mol. The van der Waals surface area contributed by atoms with Crippen LogP contribution in [0.3, 0.4) is 0 Å². The van der Waals surface area contributed by atoms with Crippen LogP contribution in [-0.2, 0) is 24.3 Å². The van der Waals surface area contributed by atoms with Gasteiger partial charge in [-0.25, -0.2) is 0 Å². The van der Waals surface area contributed by atoms with Crippen molar-refractivity contribution in [1.29, 1.82) is 0 Å². The Balaban J connectivity index is 3.36. The Morgan fingerprint density at radius 2 is 1.59 bits per heavy atom. The van der Waals surface area contributed by atoms with Gasteiger partial charge in [0, 0.05) is 0 Å². The van der Waals surface area contributed by atoms with Gasteiger partial charge in [0.05, 0.1) is 13.2 Å². The fraction of sp³-hybridized carbons (Fsp3) is 0.800. The van der Waals surface area contributed by atoms with Crippen molar-refractivity contribution in [2.24, 2.45) is 0 Å². The average Bonchev–Trinajstić information content (AvgIpc) is 2.33. The van der Waals surface area contributed by atoms with Crippen molar-refractivity contribution in [3.8, 4) is 0 Å². The lowest BCUT2D eigenvalue weighted by Gasteiger charge is -2.03. The molecule has 100 valence electrons. The fourth-order valence-electron chi connectivity index (χ4n) is 0.897. The van der Waals surface area contributed by atoms with Gasteiger partial charge in [0.15, 0.2) is 0 Å². The van der Waals surface area contributed by atoms with Gasteiger partial charge in [-0.2, -0.15) is 24.3 Å². The third kappa shape index (κ3) is 10.8. The topological polar surface area (TPSA) is 80.3 Å². The summed E-state index contributed by atoms with van der Waals surface area (Å²) in [6.07, 6.45) is 1.53. The third-order valence-electron chi connectivity index (χ3n) is 1.64. The standard InChI is InChI=1S/C10H18O7/c1-3-5-6-7-8-13-9(11)16-17-10(12)15-14-4-2/h3-8H2,1-2H3. The van der Waals surface area contributed by atoms with E-state index in [1.807, 2.05) is 0 Å². The van der Waals surface area contributed by atoms with Crippen molar-refractivity contribution >= 4 is 12.3 Å². The second kappa shape index (κ2) is 11.0. The molecular weight excluding hydrogens is 232 g/mol. The highest BCUT2D eigenvalue weighted by atomic mass is 17.3. The van der Waals surface area contributed by atoms with Crippen LogP contribution in [-0.4, -0.2) is 25.5 Å². The molecule has 0 aliphatic carbocycles. The number of hydrogen-bond donors (Lipinski definition) is 0. The molecule has 0 atom stereocenters. The molecule has 0 unspecified atom stereocenters. The molecule has 0 saturated heterocycles. The summed E-state index contributed by atoms with van der Waals surface area (Å²) in [6.45, 7) is 4.07. The zero-order chi connectivity index (χ0) is 12.9. The van der Waals surface area contributed by atoms with Crippen molar-refractivity contribution in [1.82, 2.24) is 0 Å². The molecule has 0 heterocycles. The molecular formula is C10H18O7. The van der Waals surface area contributed by atoms with Crippen LogP contribution in [0.2, 0.25) is 0 Å². The Morgan fingerprint density at radius 1 is 0.882 bits per heavy atom. The molecule has 0 fully saturated rings. The van der Waals surface area contributed by atoms with E-state index in [0.29, 0.717) is 0 Å². The summed E-state index contributed by atoms with van der Waals surface area (Å²) in [5.74, 6) is 0. The Kier molecular flexibility index (Phi) is 10.0. The number of rotatable bonds is 7. The van der Waals surface area contributed by atoms with E-state index in [0.717, 1.165) is 25.7 Å². The summed E-state index contributed by atoms with van der Waals surface area (Å²) in [7, 11) is 0. The minimum absolute atomic E-state index is 0.164. The fourth-order valence-corrected chi connectivity index (χ4v) is 0.897. The number of unbranched alkanes of at least 4 members (excludes halogenated alkanes) is 3. The first kappa shape index (κ1) is 15.5. The highest BCUT2D eigenvalue weighted by Crippen LogP contribution is 2.00. The van der Waals surface area contributed by atoms with Gasteiger partial charge in [-0.05, 0) is 13.3 Å². The molecule has 17 heavy (non-hydrogen) atoms. The lowest BCUT2D eigenvalue weighted by Crippen LogP contribution is -2.14. The predicted octanol–water partition coefficient (Wildman–Crippen LogP) is 2.74. The number of carbonyl (C=O) groups is 2. The molecule has 0 radical (unpaired) electrons. The van der Waals surface area contributed by atoms with E-state index in [1.165, 1.54) is 0 Å². The normalized spacial score (nSPS) is 9.53. The van der Waals surface area contributed by atoms with E-state index >= 15 is 0 Å². The first-order valence-corrected chi connectivity index (χ1v) is 5.55. The quantitative estimate of drug-likeness (QED) is 0.297. The lowest BCUT2D eigenvalue weighted by molar-refractivity contribution is -0.300. The van der Waals surface area contributed by atoms with Crippen LogP contribution in [0, 0.1) is 0 Å². The van der Waals surface area contributed by atoms with Gasteiger partial charge in [0.2, 0.25) is 0 Å². The predicted molar refractivity (Wildman–Crippen MR) is 55.8 cm³/mol. The molecule has 0 aromatic heterocycles. The van der Waals surface area contributed by atoms with Crippen molar-refractivity contribution in [2.75, 3.05) is 13.2 Å². The molecule has 0 aromatic rings. The Hall–Kier alpha value is -1.50. The molecule has 0 aromatic carbocycles. The lowest BCUT2D eigenvalue weighted by atomic mass is 10.2. The maximum Gasteiger partial charge on any atom is 0.582 e. The molecule has 0 aliphatic heterocycles. The third-order valence-corrected chi connectivity index (χ3v) is 1.64. The van der Waals surface area contributed by atoms with Crippen molar-refractivity contribution in [3.05, 3.63) is 0 Å². The van der Waals surface area contributed by atoms with E-state index in [2.05, 4.69) is 31.2 Å². The van der Waals surface area contributed by atoms with Crippen LogP contribution in [0.25, 0.3) is 0 Å². The van der Waals surface area contributed by atoms with Crippen molar-refractivity contribution in [2.45, 2.75) is 39.5 Å². The minimum atomic E-state index is -1.27. The number of carbonyl (C=O) groups excluding carboxylic acids is 2. The highest BCUT2D eigenvalue weighted by molar-refractivity contribution is 5.63. The number of hydrogen-bond acceptors (Lipinski definition) is 7. The van der Waals surface area contributed by atoms with Gasteiger partial charge < -0.3 is 4.74 Å². The van der Waals surface area contributed by atoms with Gasteiger partial charge >= 0.3 is 12.3 Å². The molecule has 0 aliphatic rings. The van der Waals surface area contributed by atoms with Crippen molar-refractivity contribution < 1.29 is 33.9 Å². The molecule has 7 nitrogen and oxygen atoms in total. The molecule has 0 spiro atoms. The van der Waals surface area contributed by atoms with E-state index in [-0.39, 0.29) is 13.2 Å². The van der Waals surface area contributed by atoms with Crippen molar-refractivity contribution in [3.63, 3.8) is 0 Å². The van der Waals surface area contributed by atoms with Crippen LogP contribution in [0.15, 0.2) is 0 Å². The Bertz CT molecular complexity index is 217. The number of ether oxygens (including phenoxy) is 1. The summed E-state index contributed by atoms with van der Waals surface area (Å²) in [6, 6.07) is 0. The van der Waals surface area contributed by atoms with Gasteiger partial charge in [-0.3, -0.25) is 4.89 Å². The summed E-state index contributed by atoms with van der Waals surface area (Å²) >= 11 is 0. The van der Waals surface area contributed by atoms with E-state index in [4.69, 9.17) is 0 Å². The summed E-state index contributed by atoms with van der Waals surface area (Å²) in [4.78, 5) is 37.6. The van der Waals surface area contributed by atoms with Gasteiger partial charge in [-0.1, -0.05) is 26.2 Å². The zero-order valence-corrected chi connectivity index (χ0v) is 10.1. The smallest absolute Gasteiger partial charge is 0.432 e. The first-order chi connectivity index (χ1) is 8.20. The maximum absolute atomic E-state index is 10.8. The Labute approximate surface area is 99.8 Å². The second-order valence-electron chi connectivity index (χ2n) is 3.07. The molecule has 7 heteroatoms. The van der Waals surface area contributed by atoms with Gasteiger partial charge in [0.1, 0.15) is 0 Å². The second-order valence-corrected chi connectivity index (χ2v) is 3.07. The van der Waals surface area contributed by atoms with E-state index < -0.39 is 12.3 Å². The van der Waals surface area contributed by atoms with Gasteiger partial charge in [-0.15, -0.1) is 0 Å². The summed E-state index contributed by atoms with van der Waals surface area (Å²) < 4.78 is 4.61. The molecule has 0 bridgehead atoms. The highest BCUT2D eigenvalue weighted by Gasteiger charge is 2.12. The maximum atomic E-state index is 10.8. The van der Waals surface area contributed by atoms with Crippen LogP contribution in [0.4, 0.5) is 9.59 Å². The molecule has 0 rings (SSSR count). The van der Waals surface area contributed by atoms with Crippen LogP contribution in [0.5, 0.6) is 0 Å². The van der Waals surface area contributed by atoms with Crippen LogP contribution in [0.1, 0.15) is 39.5 Å². The van der Waals surface area contributed by atoms with E-state index in [9.17, 15) is 9.59 Å².